The monoisotopic (exact) mass is 338 g/mol. The van der Waals surface area contributed by atoms with E-state index < -0.39 is 0 Å². The van der Waals surface area contributed by atoms with Gasteiger partial charge in [-0.3, -0.25) is 0 Å². The zero-order chi connectivity index (χ0) is 17.5. The molecule has 0 unspecified atom stereocenters. The molecule has 1 fully saturated rings. The molecule has 0 nitrogen and oxygen atoms in total. The highest BCUT2D eigenvalue weighted by Gasteiger charge is 2.22. The van der Waals surface area contributed by atoms with Crippen molar-refractivity contribution in [2.24, 2.45) is 5.92 Å². The van der Waals surface area contributed by atoms with Crippen LogP contribution in [0.3, 0.4) is 0 Å². The van der Waals surface area contributed by atoms with E-state index in [9.17, 15) is 4.39 Å². The Morgan fingerprint density at radius 3 is 2.24 bits per heavy atom. The van der Waals surface area contributed by atoms with Crippen molar-refractivity contribution in [1.29, 1.82) is 0 Å². The molecule has 0 atom stereocenters. The highest BCUT2D eigenvalue weighted by Crippen LogP contribution is 2.38. The molecule has 3 rings (SSSR count). The van der Waals surface area contributed by atoms with Crippen molar-refractivity contribution in [1.82, 2.24) is 0 Å². The van der Waals surface area contributed by atoms with Gasteiger partial charge in [0.25, 0.3) is 0 Å². The molecule has 1 aliphatic rings. The summed E-state index contributed by atoms with van der Waals surface area (Å²) in [6, 6.07) is 15.6. The lowest BCUT2D eigenvalue weighted by Gasteiger charge is -2.29. The Morgan fingerprint density at radius 1 is 0.840 bits per heavy atom. The van der Waals surface area contributed by atoms with Gasteiger partial charge in [0.05, 0.1) is 0 Å². The summed E-state index contributed by atoms with van der Waals surface area (Å²) in [5.41, 5.74) is 3.11. The van der Waals surface area contributed by atoms with Crippen molar-refractivity contribution >= 4 is 0 Å². The molecule has 1 saturated carbocycles. The van der Waals surface area contributed by atoms with Gasteiger partial charge in [0.15, 0.2) is 0 Å². The molecule has 2 aromatic rings. The van der Waals surface area contributed by atoms with Crippen molar-refractivity contribution in [2.45, 2.75) is 70.6 Å². The van der Waals surface area contributed by atoms with Crippen LogP contribution in [0.1, 0.15) is 76.2 Å². The average molecular weight is 339 g/mol. The van der Waals surface area contributed by atoms with Crippen LogP contribution in [0.15, 0.2) is 48.5 Å². The lowest BCUT2D eigenvalue weighted by Crippen LogP contribution is -2.13. The fraction of sp³-hybridized carbons (Fsp3) is 0.500. The van der Waals surface area contributed by atoms with E-state index in [0.29, 0.717) is 11.5 Å². The summed E-state index contributed by atoms with van der Waals surface area (Å²) in [6.45, 7) is 2.28. The first-order valence-corrected chi connectivity index (χ1v) is 10.1. The molecule has 1 heteroatoms. The van der Waals surface area contributed by atoms with E-state index in [0.717, 1.165) is 11.5 Å². The van der Waals surface area contributed by atoms with Gasteiger partial charge in [0.1, 0.15) is 5.82 Å². The van der Waals surface area contributed by atoms with Crippen LogP contribution >= 0.6 is 0 Å². The predicted molar refractivity (Wildman–Crippen MR) is 105 cm³/mol. The van der Waals surface area contributed by atoms with E-state index in [1.54, 1.807) is 6.07 Å². The highest BCUT2D eigenvalue weighted by atomic mass is 19.1. The fourth-order valence-corrected chi connectivity index (χ4v) is 4.27. The minimum Gasteiger partial charge on any atom is -0.206 e. The summed E-state index contributed by atoms with van der Waals surface area (Å²) in [7, 11) is 0. The van der Waals surface area contributed by atoms with Crippen LogP contribution in [-0.2, 0) is 0 Å². The second-order valence-electron chi connectivity index (χ2n) is 7.67. The minimum atomic E-state index is -0.140. The van der Waals surface area contributed by atoms with Gasteiger partial charge >= 0.3 is 0 Å². The van der Waals surface area contributed by atoms with Crippen molar-refractivity contribution in [2.75, 3.05) is 0 Å². The Balaban J connectivity index is 1.53. The van der Waals surface area contributed by atoms with Gasteiger partial charge in [0.2, 0.25) is 0 Å². The minimum absolute atomic E-state index is 0.140. The normalized spacial score (nSPS) is 20.6. The van der Waals surface area contributed by atoms with Crippen molar-refractivity contribution in [3.05, 3.63) is 59.9 Å². The first-order chi connectivity index (χ1) is 12.3. The van der Waals surface area contributed by atoms with Gasteiger partial charge in [-0.25, -0.2) is 4.39 Å². The third kappa shape index (κ3) is 4.93. The van der Waals surface area contributed by atoms with Gasteiger partial charge in [0, 0.05) is 5.56 Å². The lowest BCUT2D eigenvalue weighted by molar-refractivity contribution is 0.302. The van der Waals surface area contributed by atoms with E-state index in [-0.39, 0.29) is 5.82 Å². The lowest BCUT2D eigenvalue weighted by atomic mass is 9.77. The second-order valence-corrected chi connectivity index (χ2v) is 7.67. The quantitative estimate of drug-likeness (QED) is 0.453. The SMILES string of the molecule is CCCCCCC1CCC(c2ccc(-c3ccccc3F)cc2)CC1. The highest BCUT2D eigenvalue weighted by molar-refractivity contribution is 5.64. The number of halogens is 1. The largest absolute Gasteiger partial charge is 0.206 e. The third-order valence-electron chi connectivity index (χ3n) is 5.88. The zero-order valence-corrected chi connectivity index (χ0v) is 15.5. The molecule has 0 aromatic heterocycles. The summed E-state index contributed by atoms with van der Waals surface area (Å²) in [6.07, 6.45) is 12.4. The number of unbranched alkanes of at least 4 members (excludes halogenated alkanes) is 3. The number of hydrogen-bond donors (Lipinski definition) is 0. The van der Waals surface area contributed by atoms with Gasteiger partial charge in [-0.2, -0.15) is 0 Å². The molecule has 0 aliphatic heterocycles. The van der Waals surface area contributed by atoms with Crippen molar-refractivity contribution < 1.29 is 4.39 Å². The van der Waals surface area contributed by atoms with E-state index in [1.165, 1.54) is 69.4 Å². The van der Waals surface area contributed by atoms with E-state index in [1.807, 2.05) is 12.1 Å². The first kappa shape index (κ1) is 18.2. The van der Waals surface area contributed by atoms with Crippen LogP contribution in [0.4, 0.5) is 4.39 Å². The molecule has 25 heavy (non-hydrogen) atoms. The Hall–Kier alpha value is -1.63. The van der Waals surface area contributed by atoms with E-state index in [4.69, 9.17) is 0 Å². The van der Waals surface area contributed by atoms with Gasteiger partial charge < -0.3 is 0 Å². The number of benzene rings is 2. The van der Waals surface area contributed by atoms with Crippen molar-refractivity contribution in [3.8, 4) is 11.1 Å². The average Bonchev–Trinajstić information content (AvgIpc) is 2.66. The summed E-state index contributed by atoms with van der Waals surface area (Å²) in [4.78, 5) is 0. The number of hydrogen-bond acceptors (Lipinski definition) is 0. The maximum absolute atomic E-state index is 13.9. The van der Waals surface area contributed by atoms with E-state index >= 15 is 0 Å². The molecule has 1 aliphatic carbocycles. The predicted octanol–water partition coefficient (Wildman–Crippen LogP) is 7.74. The topological polar surface area (TPSA) is 0 Å². The zero-order valence-electron chi connectivity index (χ0n) is 15.5. The Bertz CT molecular complexity index is 635. The molecule has 0 bridgehead atoms. The van der Waals surface area contributed by atoms with Gasteiger partial charge in [-0.05, 0) is 54.7 Å². The molecule has 134 valence electrons. The molecule has 0 radical (unpaired) electrons. The Labute approximate surface area is 152 Å². The Kier molecular flexibility index (Phi) is 6.67. The molecule has 0 saturated heterocycles. The summed E-state index contributed by atoms with van der Waals surface area (Å²) in [5, 5.41) is 0. The van der Waals surface area contributed by atoms with Crippen LogP contribution in [0.25, 0.3) is 11.1 Å². The molecule has 0 spiro atoms. The standard InChI is InChI=1S/C24H31F/c1-2-3-4-5-8-19-11-13-20(14-12-19)21-15-17-22(18-16-21)23-9-6-7-10-24(23)25/h6-7,9-10,15-20H,2-5,8,11-14H2,1H3. The molecule has 2 aromatic carbocycles. The maximum atomic E-state index is 13.9. The van der Waals surface area contributed by atoms with Crippen LogP contribution in [-0.4, -0.2) is 0 Å². The van der Waals surface area contributed by atoms with Crippen LogP contribution < -0.4 is 0 Å². The second kappa shape index (κ2) is 9.17. The Morgan fingerprint density at radius 2 is 1.56 bits per heavy atom. The fourth-order valence-electron chi connectivity index (χ4n) is 4.27. The van der Waals surface area contributed by atoms with Crippen LogP contribution in [0.5, 0.6) is 0 Å². The summed E-state index contributed by atoms with van der Waals surface area (Å²) >= 11 is 0. The van der Waals surface area contributed by atoms with Crippen molar-refractivity contribution in [3.63, 3.8) is 0 Å². The first-order valence-electron chi connectivity index (χ1n) is 10.1. The molecular weight excluding hydrogens is 307 g/mol. The number of rotatable bonds is 7. The maximum Gasteiger partial charge on any atom is 0.131 e. The van der Waals surface area contributed by atoms with Gasteiger partial charge in [-0.1, -0.05) is 81.5 Å². The van der Waals surface area contributed by atoms with E-state index in [2.05, 4.69) is 31.2 Å². The van der Waals surface area contributed by atoms with Crippen LogP contribution in [0.2, 0.25) is 0 Å². The molecule has 0 amide bonds. The molecule has 0 N–H and O–H groups in total. The van der Waals surface area contributed by atoms with Crippen LogP contribution in [0, 0.1) is 11.7 Å². The third-order valence-corrected chi connectivity index (χ3v) is 5.88. The summed E-state index contributed by atoms with van der Waals surface area (Å²) < 4.78 is 13.9. The molecule has 0 heterocycles. The van der Waals surface area contributed by atoms with Gasteiger partial charge in [-0.15, -0.1) is 0 Å². The smallest absolute Gasteiger partial charge is 0.131 e. The molecular formula is C24H31F. The summed E-state index contributed by atoms with van der Waals surface area (Å²) in [5.74, 6) is 1.51.